The molecule has 2 aromatic carbocycles. The standard InChI is InChI=1S/C25H33N3O4/c1-17(2)24(30)28-25(26)27-20(15-18-9-6-5-7-10-18)21(29)12-8-11-19-13-14-22(31-3)23(16-19)32-4/h5-7,9-10,13-14,16-17,20H,8,11-12,15H2,1-4H3,(H3,26,27,28,30)/t20-/m1/s1. The van der Waals surface area contributed by atoms with Gasteiger partial charge in [0.15, 0.2) is 23.2 Å². The average Bonchev–Trinajstić information content (AvgIpc) is 2.78. The molecule has 0 aromatic heterocycles. The lowest BCUT2D eigenvalue weighted by Crippen LogP contribution is -2.41. The molecule has 172 valence electrons. The van der Waals surface area contributed by atoms with Gasteiger partial charge in [-0.05, 0) is 36.1 Å². The van der Waals surface area contributed by atoms with Gasteiger partial charge in [0.1, 0.15) is 6.04 Å². The predicted molar refractivity (Wildman–Crippen MR) is 126 cm³/mol. The summed E-state index contributed by atoms with van der Waals surface area (Å²) in [4.78, 5) is 29.3. The number of guanidine groups is 1. The number of benzene rings is 2. The van der Waals surface area contributed by atoms with E-state index in [4.69, 9.17) is 15.2 Å². The molecule has 0 spiro atoms. The highest BCUT2D eigenvalue weighted by Gasteiger charge is 2.19. The van der Waals surface area contributed by atoms with Crippen LogP contribution in [0, 0.1) is 5.92 Å². The van der Waals surface area contributed by atoms with Gasteiger partial charge in [-0.1, -0.05) is 50.2 Å². The summed E-state index contributed by atoms with van der Waals surface area (Å²) in [5.41, 5.74) is 7.97. The third-order valence-corrected chi connectivity index (χ3v) is 5.05. The number of carbonyl (C=O) groups excluding carboxylic acids is 2. The number of ketones is 1. The van der Waals surface area contributed by atoms with Gasteiger partial charge in [0.2, 0.25) is 5.91 Å². The summed E-state index contributed by atoms with van der Waals surface area (Å²) in [6, 6.07) is 14.7. The van der Waals surface area contributed by atoms with E-state index in [9.17, 15) is 9.59 Å². The van der Waals surface area contributed by atoms with Gasteiger partial charge in [0.25, 0.3) is 0 Å². The van der Waals surface area contributed by atoms with Crippen LogP contribution >= 0.6 is 0 Å². The fraction of sp³-hybridized carbons (Fsp3) is 0.400. The minimum atomic E-state index is -0.657. The molecule has 32 heavy (non-hydrogen) atoms. The van der Waals surface area contributed by atoms with Crippen LogP contribution in [0.15, 0.2) is 53.5 Å². The highest BCUT2D eigenvalue weighted by Crippen LogP contribution is 2.28. The number of aryl methyl sites for hydroxylation is 1. The second-order valence-electron chi connectivity index (χ2n) is 7.87. The van der Waals surface area contributed by atoms with Crippen molar-refractivity contribution in [2.45, 2.75) is 45.6 Å². The van der Waals surface area contributed by atoms with Gasteiger partial charge in [-0.15, -0.1) is 0 Å². The third kappa shape index (κ3) is 7.72. The van der Waals surface area contributed by atoms with Crippen molar-refractivity contribution >= 4 is 17.6 Å². The van der Waals surface area contributed by atoms with Gasteiger partial charge in [0, 0.05) is 18.8 Å². The van der Waals surface area contributed by atoms with Gasteiger partial charge in [-0.3, -0.25) is 14.9 Å². The Morgan fingerprint density at radius 2 is 1.69 bits per heavy atom. The fourth-order valence-corrected chi connectivity index (χ4v) is 3.21. The lowest BCUT2D eigenvalue weighted by molar-refractivity contribution is -0.123. The Kier molecular flexibility index (Phi) is 9.73. The summed E-state index contributed by atoms with van der Waals surface area (Å²) in [6.45, 7) is 3.53. The molecule has 0 unspecified atom stereocenters. The van der Waals surface area contributed by atoms with Crippen molar-refractivity contribution in [3.8, 4) is 11.5 Å². The van der Waals surface area contributed by atoms with E-state index >= 15 is 0 Å². The molecule has 0 radical (unpaired) electrons. The number of rotatable bonds is 11. The molecule has 1 amide bonds. The minimum absolute atomic E-state index is 0.0175. The second-order valence-corrected chi connectivity index (χ2v) is 7.87. The molecular formula is C25H33N3O4. The number of aliphatic imine (C=N–C) groups is 1. The van der Waals surface area contributed by atoms with Crippen LogP contribution in [0.4, 0.5) is 0 Å². The van der Waals surface area contributed by atoms with E-state index in [1.807, 2.05) is 48.5 Å². The molecule has 7 nitrogen and oxygen atoms in total. The van der Waals surface area contributed by atoms with E-state index in [-0.39, 0.29) is 23.6 Å². The van der Waals surface area contributed by atoms with E-state index in [2.05, 4.69) is 10.3 Å². The van der Waals surface area contributed by atoms with Crippen LogP contribution in [0.25, 0.3) is 0 Å². The SMILES string of the molecule is COc1ccc(CCCC(=O)[C@@H](Cc2ccccc2)N=C(N)NC(=O)C(C)C)cc1OC. The van der Waals surface area contributed by atoms with Crippen LogP contribution in [-0.2, 0) is 22.4 Å². The zero-order chi connectivity index (χ0) is 23.5. The number of amides is 1. The van der Waals surface area contributed by atoms with Crippen molar-refractivity contribution < 1.29 is 19.1 Å². The summed E-state index contributed by atoms with van der Waals surface area (Å²) in [6.07, 6.45) is 2.15. The molecule has 0 saturated carbocycles. The predicted octanol–water partition coefficient (Wildman–Crippen LogP) is 3.29. The van der Waals surface area contributed by atoms with Gasteiger partial charge in [-0.25, -0.2) is 4.99 Å². The maximum absolute atomic E-state index is 13.0. The van der Waals surface area contributed by atoms with Gasteiger partial charge < -0.3 is 15.2 Å². The lowest BCUT2D eigenvalue weighted by Gasteiger charge is -2.14. The number of methoxy groups -OCH3 is 2. The van der Waals surface area contributed by atoms with E-state index in [0.29, 0.717) is 37.2 Å². The Hall–Kier alpha value is -3.35. The number of Topliss-reactive ketones (excluding diaryl/α,β-unsaturated/α-hetero) is 1. The topological polar surface area (TPSA) is 103 Å². The molecular weight excluding hydrogens is 406 g/mol. The largest absolute Gasteiger partial charge is 0.493 e. The number of hydrogen-bond acceptors (Lipinski definition) is 5. The zero-order valence-electron chi connectivity index (χ0n) is 19.3. The van der Waals surface area contributed by atoms with E-state index in [1.54, 1.807) is 28.1 Å². The number of hydrogen-bond donors (Lipinski definition) is 2. The van der Waals surface area contributed by atoms with Crippen LogP contribution in [0.2, 0.25) is 0 Å². The van der Waals surface area contributed by atoms with E-state index in [0.717, 1.165) is 11.1 Å². The van der Waals surface area contributed by atoms with Crippen molar-refractivity contribution in [2.75, 3.05) is 14.2 Å². The Bertz CT molecular complexity index is 926. The Morgan fingerprint density at radius 3 is 2.31 bits per heavy atom. The quantitative estimate of drug-likeness (QED) is 0.413. The summed E-state index contributed by atoms with van der Waals surface area (Å²) in [5, 5.41) is 2.57. The first-order chi connectivity index (χ1) is 15.3. The maximum Gasteiger partial charge on any atom is 0.229 e. The highest BCUT2D eigenvalue weighted by molar-refractivity contribution is 5.98. The highest BCUT2D eigenvalue weighted by atomic mass is 16.5. The molecule has 0 aliphatic rings. The summed E-state index contributed by atoms with van der Waals surface area (Å²) in [7, 11) is 3.19. The van der Waals surface area contributed by atoms with Gasteiger partial charge in [-0.2, -0.15) is 0 Å². The molecule has 0 heterocycles. The van der Waals surface area contributed by atoms with Crippen molar-refractivity contribution in [3.63, 3.8) is 0 Å². The summed E-state index contributed by atoms with van der Waals surface area (Å²) < 4.78 is 10.6. The van der Waals surface area contributed by atoms with Crippen LogP contribution in [0.3, 0.4) is 0 Å². The smallest absolute Gasteiger partial charge is 0.229 e. The van der Waals surface area contributed by atoms with Crippen molar-refractivity contribution in [1.29, 1.82) is 0 Å². The molecule has 0 aliphatic heterocycles. The summed E-state index contributed by atoms with van der Waals surface area (Å²) in [5.74, 6) is 0.827. The van der Waals surface area contributed by atoms with E-state index < -0.39 is 6.04 Å². The number of carbonyl (C=O) groups is 2. The van der Waals surface area contributed by atoms with Crippen LogP contribution in [0.5, 0.6) is 11.5 Å². The monoisotopic (exact) mass is 439 g/mol. The fourth-order valence-electron chi connectivity index (χ4n) is 3.21. The first kappa shape index (κ1) is 24.9. The second kappa shape index (κ2) is 12.5. The van der Waals surface area contributed by atoms with Gasteiger partial charge in [0.05, 0.1) is 14.2 Å². The molecule has 0 saturated heterocycles. The maximum atomic E-state index is 13.0. The molecule has 0 fully saturated rings. The van der Waals surface area contributed by atoms with Crippen LogP contribution in [0.1, 0.15) is 37.8 Å². The Balaban J connectivity index is 2.06. The number of nitrogens with one attached hydrogen (secondary N) is 1. The Labute approximate surface area is 190 Å². The van der Waals surface area contributed by atoms with Crippen molar-refractivity contribution in [2.24, 2.45) is 16.6 Å². The molecule has 2 aromatic rings. The minimum Gasteiger partial charge on any atom is -0.493 e. The number of ether oxygens (including phenoxy) is 2. The van der Waals surface area contributed by atoms with Crippen LogP contribution < -0.4 is 20.5 Å². The molecule has 3 N–H and O–H groups in total. The number of nitrogens with two attached hydrogens (primary N) is 1. The summed E-state index contributed by atoms with van der Waals surface area (Å²) >= 11 is 0. The molecule has 1 atom stereocenters. The van der Waals surface area contributed by atoms with Crippen molar-refractivity contribution in [1.82, 2.24) is 5.32 Å². The van der Waals surface area contributed by atoms with E-state index in [1.165, 1.54) is 0 Å². The zero-order valence-corrected chi connectivity index (χ0v) is 19.3. The van der Waals surface area contributed by atoms with Crippen LogP contribution in [-0.4, -0.2) is 37.9 Å². The first-order valence-corrected chi connectivity index (χ1v) is 10.8. The third-order valence-electron chi connectivity index (χ3n) is 5.05. The van der Waals surface area contributed by atoms with Gasteiger partial charge >= 0.3 is 0 Å². The molecule has 0 bridgehead atoms. The number of nitrogens with zero attached hydrogens (tertiary/aromatic N) is 1. The molecule has 7 heteroatoms. The Morgan fingerprint density at radius 1 is 1.00 bits per heavy atom. The normalized spacial score (nSPS) is 12.3. The van der Waals surface area contributed by atoms with Crippen molar-refractivity contribution in [3.05, 3.63) is 59.7 Å². The average molecular weight is 440 g/mol. The molecule has 2 rings (SSSR count). The molecule has 0 aliphatic carbocycles. The lowest BCUT2D eigenvalue weighted by atomic mass is 9.98. The first-order valence-electron chi connectivity index (χ1n) is 10.8.